The number of hydrogen-bond acceptors (Lipinski definition) is 3. The van der Waals surface area contributed by atoms with Gasteiger partial charge in [-0.3, -0.25) is 17.6 Å². The molecule has 0 aromatic carbocycles. The zero-order valence-electron chi connectivity index (χ0n) is 12.9. The molecule has 2 rings (SSSR count). The molecule has 2 unspecified atom stereocenters. The molecule has 1 fully saturated rings. The molecule has 134 valence electrons. The topological polar surface area (TPSA) is 47.3 Å². The largest absolute Gasteiger partial charge is 1.00 e. The Kier molecular flexibility index (Phi) is 9.73. The second-order valence-corrected chi connectivity index (χ2v) is 5.12. The van der Waals surface area contributed by atoms with E-state index in [4.69, 9.17) is 5.11 Å². The van der Waals surface area contributed by atoms with E-state index in [9.17, 15) is 22.0 Å². The standard InChI is InChI=1S/C13H15F5N2O2.FH.K/c1-7-10(6-21)11(13(16,17)18)19-20(7)8-3-2-4-9(5-8)22-12(14)15;;/h6,8-9,12,21H,1-5H2;1H;/q-2;;+1/p-1. The molecule has 11 heteroatoms. The van der Waals surface area contributed by atoms with Gasteiger partial charge in [0.05, 0.1) is 6.10 Å². The minimum atomic E-state index is -4.74. The zero-order valence-corrected chi connectivity index (χ0v) is 16.0. The van der Waals surface area contributed by atoms with Gasteiger partial charge in [-0.25, -0.2) is 5.69 Å². The van der Waals surface area contributed by atoms with Gasteiger partial charge in [0.25, 0.3) is 0 Å². The number of hydrogen-bond donors (Lipinski definition) is 1. The number of aliphatic hydroxyl groups excluding tert-OH is 1. The third-order valence-electron chi connectivity index (χ3n) is 3.69. The molecular formula is C13H15F6KN2O2-2. The molecule has 0 bridgehead atoms. The molecule has 0 radical (unpaired) electrons. The van der Waals surface area contributed by atoms with E-state index in [1.165, 1.54) is 0 Å². The first-order valence-corrected chi connectivity index (χ1v) is 6.66. The van der Waals surface area contributed by atoms with E-state index in [2.05, 4.69) is 16.8 Å². The minimum Gasteiger partial charge on any atom is -1.00 e. The summed E-state index contributed by atoms with van der Waals surface area (Å²) >= 11 is 0. The average Bonchev–Trinajstić information content (AvgIpc) is 2.75. The molecule has 2 atom stereocenters. The van der Waals surface area contributed by atoms with Gasteiger partial charge in [0.2, 0.25) is 0 Å². The summed E-state index contributed by atoms with van der Waals surface area (Å²) in [6, 6.07) is -0.528. The predicted molar refractivity (Wildman–Crippen MR) is 65.4 cm³/mol. The number of alkyl halides is 5. The molecule has 0 saturated heterocycles. The van der Waals surface area contributed by atoms with Crippen LogP contribution in [0.15, 0.2) is 0 Å². The molecule has 1 aromatic heterocycles. The van der Waals surface area contributed by atoms with Crippen molar-refractivity contribution in [3.05, 3.63) is 30.5 Å². The van der Waals surface area contributed by atoms with Crippen LogP contribution in [0.25, 0.3) is 0 Å². The molecule has 1 aliphatic carbocycles. The Morgan fingerprint density at radius 1 is 1.33 bits per heavy atom. The summed E-state index contributed by atoms with van der Waals surface area (Å²) in [5.74, 6) is 0. The van der Waals surface area contributed by atoms with Crippen molar-refractivity contribution in [3.63, 3.8) is 0 Å². The quantitative estimate of drug-likeness (QED) is 0.361. The van der Waals surface area contributed by atoms with Gasteiger partial charge in [-0.05, 0) is 31.4 Å². The van der Waals surface area contributed by atoms with Crippen molar-refractivity contribution in [3.8, 4) is 0 Å². The minimum absolute atomic E-state index is 0. The summed E-state index contributed by atoms with van der Waals surface area (Å²) in [4.78, 5) is 0. The third kappa shape index (κ3) is 5.54. The first-order chi connectivity index (χ1) is 10.2. The van der Waals surface area contributed by atoms with Gasteiger partial charge in [-0.1, -0.05) is 0 Å². The number of halogens is 6. The van der Waals surface area contributed by atoms with Crippen LogP contribution in [0.5, 0.6) is 0 Å². The summed E-state index contributed by atoms with van der Waals surface area (Å²) in [5.41, 5.74) is -1.85. The second-order valence-electron chi connectivity index (χ2n) is 5.12. The second kappa shape index (κ2) is 9.69. The Hall–Kier alpha value is 0.0864. The maximum Gasteiger partial charge on any atom is 1.00 e. The fourth-order valence-electron chi connectivity index (χ4n) is 2.74. The van der Waals surface area contributed by atoms with Crippen LogP contribution in [0.2, 0.25) is 0 Å². The van der Waals surface area contributed by atoms with Crippen molar-refractivity contribution in [1.29, 1.82) is 0 Å². The molecule has 0 aliphatic heterocycles. The van der Waals surface area contributed by atoms with E-state index in [0.717, 1.165) is 4.68 Å². The molecule has 24 heavy (non-hydrogen) atoms. The van der Waals surface area contributed by atoms with Crippen LogP contribution in [0.3, 0.4) is 0 Å². The van der Waals surface area contributed by atoms with Crippen molar-refractivity contribution >= 4 is 0 Å². The van der Waals surface area contributed by atoms with Crippen LogP contribution in [0.1, 0.15) is 48.7 Å². The van der Waals surface area contributed by atoms with E-state index in [1.807, 2.05) is 0 Å². The Morgan fingerprint density at radius 3 is 2.42 bits per heavy atom. The van der Waals surface area contributed by atoms with Crippen LogP contribution in [-0.2, 0) is 10.9 Å². The summed E-state index contributed by atoms with van der Waals surface area (Å²) in [6.07, 6.45) is -3.93. The number of rotatable bonds is 4. The van der Waals surface area contributed by atoms with Crippen molar-refractivity contribution < 1.29 is 87.9 Å². The maximum absolute atomic E-state index is 12.9. The summed E-state index contributed by atoms with van der Waals surface area (Å²) in [7, 11) is 0. The molecule has 1 aliphatic rings. The fraction of sp³-hybridized carbons (Fsp3) is 0.615. The van der Waals surface area contributed by atoms with Crippen LogP contribution in [0.4, 0.5) is 22.0 Å². The normalized spacial score (nSPS) is 21.1. The van der Waals surface area contributed by atoms with Crippen molar-refractivity contribution in [1.82, 2.24) is 9.78 Å². The maximum atomic E-state index is 12.9. The van der Waals surface area contributed by atoms with E-state index < -0.39 is 36.2 Å². The zero-order chi connectivity index (χ0) is 16.5. The first-order valence-electron chi connectivity index (χ1n) is 6.66. The average molecular weight is 384 g/mol. The molecule has 4 nitrogen and oxygen atoms in total. The van der Waals surface area contributed by atoms with Gasteiger partial charge < -0.3 is 19.2 Å². The van der Waals surface area contributed by atoms with Crippen LogP contribution >= 0.6 is 0 Å². The number of ether oxygens (including phenoxy) is 1. The molecule has 1 heterocycles. The Labute approximate surface area is 177 Å². The van der Waals surface area contributed by atoms with Gasteiger partial charge in [0.15, 0.2) is 0 Å². The van der Waals surface area contributed by atoms with E-state index in [-0.39, 0.29) is 68.2 Å². The molecule has 0 amide bonds. The van der Waals surface area contributed by atoms with Crippen molar-refractivity contribution in [2.45, 2.75) is 50.6 Å². The summed E-state index contributed by atoms with van der Waals surface area (Å²) < 4.78 is 68.7. The van der Waals surface area contributed by atoms with Gasteiger partial charge in [0, 0.05) is 6.04 Å². The molecule has 1 saturated carbocycles. The van der Waals surface area contributed by atoms with Gasteiger partial charge >= 0.3 is 64.2 Å². The molecular weight excluding hydrogens is 369 g/mol. The van der Waals surface area contributed by atoms with Crippen LogP contribution in [0, 0.1) is 13.5 Å². The van der Waals surface area contributed by atoms with E-state index >= 15 is 0 Å². The van der Waals surface area contributed by atoms with Crippen LogP contribution in [-0.4, -0.2) is 27.6 Å². The van der Waals surface area contributed by atoms with Gasteiger partial charge in [-0.2, -0.15) is 22.0 Å². The summed E-state index contributed by atoms with van der Waals surface area (Å²) in [5, 5.41) is 12.5. The Morgan fingerprint density at radius 2 is 1.96 bits per heavy atom. The fourth-order valence-corrected chi connectivity index (χ4v) is 2.74. The van der Waals surface area contributed by atoms with Gasteiger partial charge in [0.1, 0.15) is 0 Å². The van der Waals surface area contributed by atoms with Crippen LogP contribution < -0.4 is 56.1 Å². The third-order valence-corrected chi connectivity index (χ3v) is 3.69. The Balaban J connectivity index is 0.00000264. The molecule has 0 spiro atoms. The van der Waals surface area contributed by atoms with E-state index in [1.54, 1.807) is 0 Å². The van der Waals surface area contributed by atoms with Gasteiger partial charge in [-0.15, -0.1) is 6.61 Å². The molecule has 1 aromatic rings. The number of nitrogens with zero attached hydrogens (tertiary/aromatic N) is 2. The van der Waals surface area contributed by atoms with Crippen molar-refractivity contribution in [2.24, 2.45) is 0 Å². The monoisotopic (exact) mass is 384 g/mol. The number of aliphatic hydroxyl groups is 1. The SMILES string of the molecule is [CH2-]c1c([CH-]O)c(C(F)(F)F)nn1C1CCCC(OC(F)F)C1.[F-].[K+]. The summed E-state index contributed by atoms with van der Waals surface area (Å²) in [6.45, 7) is 0.894. The Bertz CT molecular complexity index is 523. The number of aromatic nitrogens is 2. The smallest absolute Gasteiger partial charge is 1.00 e. The molecule has 1 N–H and O–H groups in total. The first kappa shape index (κ1) is 24.1. The predicted octanol–water partition coefficient (Wildman–Crippen LogP) is -2.30. The van der Waals surface area contributed by atoms with E-state index in [0.29, 0.717) is 25.9 Å². The van der Waals surface area contributed by atoms with Crippen molar-refractivity contribution in [2.75, 3.05) is 0 Å².